The maximum atomic E-state index is 12.4. The van der Waals surface area contributed by atoms with E-state index in [9.17, 15) is 9.90 Å². The van der Waals surface area contributed by atoms with Crippen LogP contribution >= 0.6 is 11.3 Å². The molecule has 2 aromatic heterocycles. The number of aliphatic hydroxyl groups excluding tert-OH is 1. The Morgan fingerprint density at radius 1 is 1.41 bits per heavy atom. The Morgan fingerprint density at radius 2 is 2.14 bits per heavy atom. The first-order chi connectivity index (χ1) is 10.5. The number of rotatable bonds is 3. The maximum Gasteiger partial charge on any atom is 0.263 e. The zero-order valence-electron chi connectivity index (χ0n) is 12.7. The topological polar surface area (TPSA) is 80.0 Å². The lowest BCUT2D eigenvalue weighted by Crippen LogP contribution is -2.38. The van der Waals surface area contributed by atoms with E-state index < -0.39 is 0 Å². The number of hydrogen-bond acceptors (Lipinski definition) is 5. The molecule has 0 saturated heterocycles. The fourth-order valence-electron chi connectivity index (χ4n) is 2.73. The van der Waals surface area contributed by atoms with Crippen molar-refractivity contribution in [3.05, 3.63) is 23.0 Å². The molecule has 6 nitrogen and oxygen atoms in total. The van der Waals surface area contributed by atoms with Crippen LogP contribution in [0.5, 0.6) is 0 Å². The van der Waals surface area contributed by atoms with Crippen molar-refractivity contribution in [2.24, 2.45) is 7.05 Å². The van der Waals surface area contributed by atoms with Crippen LogP contribution in [0, 0.1) is 6.92 Å². The fraction of sp³-hybridized carbons (Fsp3) is 0.533. The molecule has 0 atom stereocenters. The van der Waals surface area contributed by atoms with Crippen molar-refractivity contribution < 1.29 is 9.90 Å². The molecule has 0 aliphatic heterocycles. The summed E-state index contributed by atoms with van der Waals surface area (Å²) < 4.78 is 1.72. The van der Waals surface area contributed by atoms with Gasteiger partial charge in [0.05, 0.1) is 18.0 Å². The first-order valence-electron chi connectivity index (χ1n) is 7.48. The molecule has 118 valence electrons. The number of thiazole rings is 1. The molecule has 0 bridgehead atoms. The Morgan fingerprint density at radius 3 is 2.77 bits per heavy atom. The summed E-state index contributed by atoms with van der Waals surface area (Å²) in [6.07, 6.45) is 6.61. The van der Waals surface area contributed by atoms with Crippen LogP contribution in [0.1, 0.15) is 41.0 Å². The van der Waals surface area contributed by atoms with Crippen LogP contribution in [0.4, 0.5) is 0 Å². The first-order valence-corrected chi connectivity index (χ1v) is 8.30. The molecule has 0 aromatic carbocycles. The average molecular weight is 320 g/mol. The molecule has 2 N–H and O–H groups in total. The molecule has 1 fully saturated rings. The molecule has 1 aliphatic rings. The summed E-state index contributed by atoms with van der Waals surface area (Å²) in [5.41, 5.74) is 1.67. The van der Waals surface area contributed by atoms with Gasteiger partial charge in [-0.2, -0.15) is 5.10 Å². The van der Waals surface area contributed by atoms with Crippen molar-refractivity contribution >= 4 is 17.2 Å². The molecule has 1 amide bonds. The second-order valence-corrected chi connectivity index (χ2v) is 6.81. The molecule has 1 saturated carbocycles. The predicted molar refractivity (Wildman–Crippen MR) is 84.8 cm³/mol. The van der Waals surface area contributed by atoms with E-state index in [0.29, 0.717) is 4.88 Å². The minimum absolute atomic E-state index is 0.0634. The Balaban J connectivity index is 1.71. The number of nitrogens with one attached hydrogen (secondary N) is 1. The van der Waals surface area contributed by atoms with E-state index in [0.717, 1.165) is 41.9 Å². The van der Waals surface area contributed by atoms with Crippen LogP contribution in [0.15, 0.2) is 12.4 Å². The summed E-state index contributed by atoms with van der Waals surface area (Å²) >= 11 is 1.40. The van der Waals surface area contributed by atoms with Gasteiger partial charge < -0.3 is 10.4 Å². The Labute approximate surface area is 133 Å². The van der Waals surface area contributed by atoms with Gasteiger partial charge in [-0.1, -0.05) is 0 Å². The average Bonchev–Trinajstić information content (AvgIpc) is 3.07. The first kappa shape index (κ1) is 15.2. The lowest BCUT2D eigenvalue weighted by Gasteiger charge is -2.25. The lowest BCUT2D eigenvalue weighted by atomic mass is 9.93. The Bertz CT molecular complexity index is 671. The summed E-state index contributed by atoms with van der Waals surface area (Å²) in [5.74, 6) is -0.0634. The van der Waals surface area contributed by atoms with Crippen LogP contribution < -0.4 is 5.32 Å². The van der Waals surface area contributed by atoms with E-state index in [-0.39, 0.29) is 18.1 Å². The van der Waals surface area contributed by atoms with Gasteiger partial charge in [-0.05, 0) is 32.6 Å². The van der Waals surface area contributed by atoms with Crippen LogP contribution in [0.2, 0.25) is 0 Å². The minimum atomic E-state index is -0.213. The third-order valence-electron chi connectivity index (χ3n) is 3.99. The van der Waals surface area contributed by atoms with Gasteiger partial charge >= 0.3 is 0 Å². The van der Waals surface area contributed by atoms with Crippen LogP contribution in [-0.2, 0) is 7.05 Å². The number of amides is 1. The molecule has 2 heterocycles. The standard InChI is InChI=1S/C15H20N4O2S/c1-9-13(14(21)18-11-3-5-12(20)6-4-11)22-15(17-9)10-7-16-19(2)8-10/h7-8,11-12,20H,3-6H2,1-2H3,(H,18,21). The van der Waals surface area contributed by atoms with Gasteiger partial charge in [-0.3, -0.25) is 9.48 Å². The summed E-state index contributed by atoms with van der Waals surface area (Å²) in [6.45, 7) is 1.86. The zero-order chi connectivity index (χ0) is 15.7. The number of aryl methyl sites for hydroxylation is 2. The molecule has 0 radical (unpaired) electrons. The van der Waals surface area contributed by atoms with E-state index in [1.165, 1.54) is 11.3 Å². The van der Waals surface area contributed by atoms with Crippen molar-refractivity contribution in [1.29, 1.82) is 0 Å². The highest BCUT2D eigenvalue weighted by molar-refractivity contribution is 7.17. The SMILES string of the molecule is Cc1nc(-c2cnn(C)c2)sc1C(=O)NC1CCC(O)CC1. The highest BCUT2D eigenvalue weighted by Crippen LogP contribution is 2.28. The van der Waals surface area contributed by atoms with Gasteiger partial charge in [0.1, 0.15) is 9.88 Å². The molecule has 7 heteroatoms. The van der Waals surface area contributed by atoms with Gasteiger partial charge in [0.2, 0.25) is 0 Å². The molecule has 1 aliphatic carbocycles. The number of aliphatic hydroxyl groups is 1. The predicted octanol–water partition coefficient (Wildman–Crippen LogP) is 1.89. The largest absolute Gasteiger partial charge is 0.393 e. The molecular weight excluding hydrogens is 300 g/mol. The smallest absolute Gasteiger partial charge is 0.263 e. The minimum Gasteiger partial charge on any atom is -0.393 e. The Hall–Kier alpha value is -1.73. The molecule has 0 spiro atoms. The van der Waals surface area contributed by atoms with Crippen molar-refractivity contribution in [3.8, 4) is 10.6 Å². The molecule has 0 unspecified atom stereocenters. The van der Waals surface area contributed by atoms with Gasteiger partial charge in [-0.25, -0.2) is 4.98 Å². The van der Waals surface area contributed by atoms with Crippen LogP contribution in [0.3, 0.4) is 0 Å². The Kier molecular flexibility index (Phi) is 4.26. The van der Waals surface area contributed by atoms with Crippen molar-refractivity contribution in [2.75, 3.05) is 0 Å². The lowest BCUT2D eigenvalue weighted by molar-refractivity contribution is 0.0870. The van der Waals surface area contributed by atoms with Gasteiger partial charge in [0.15, 0.2) is 0 Å². The summed E-state index contributed by atoms with van der Waals surface area (Å²) in [5, 5.41) is 17.5. The second-order valence-electron chi connectivity index (χ2n) is 5.82. The zero-order valence-corrected chi connectivity index (χ0v) is 13.6. The highest BCUT2D eigenvalue weighted by atomic mass is 32.1. The van der Waals surface area contributed by atoms with Gasteiger partial charge in [0.25, 0.3) is 5.91 Å². The number of aromatic nitrogens is 3. The van der Waals surface area contributed by atoms with E-state index in [1.54, 1.807) is 10.9 Å². The number of carbonyl (C=O) groups is 1. The fourth-order valence-corrected chi connectivity index (χ4v) is 3.68. The van der Waals surface area contributed by atoms with Crippen LogP contribution in [0.25, 0.3) is 10.6 Å². The van der Waals surface area contributed by atoms with Crippen LogP contribution in [-0.4, -0.2) is 37.9 Å². The van der Waals surface area contributed by atoms with Gasteiger partial charge in [-0.15, -0.1) is 11.3 Å². The molecule has 3 rings (SSSR count). The molecule has 22 heavy (non-hydrogen) atoms. The quantitative estimate of drug-likeness (QED) is 0.905. The second kappa shape index (κ2) is 6.18. The van der Waals surface area contributed by atoms with Crippen molar-refractivity contribution in [3.63, 3.8) is 0 Å². The van der Waals surface area contributed by atoms with E-state index in [1.807, 2.05) is 20.2 Å². The van der Waals surface area contributed by atoms with E-state index >= 15 is 0 Å². The molecule has 2 aromatic rings. The number of hydrogen-bond donors (Lipinski definition) is 2. The summed E-state index contributed by atoms with van der Waals surface area (Å²) in [6, 6.07) is 0.152. The van der Waals surface area contributed by atoms with Crippen molar-refractivity contribution in [2.45, 2.75) is 44.8 Å². The summed E-state index contributed by atoms with van der Waals surface area (Å²) in [4.78, 5) is 17.6. The highest BCUT2D eigenvalue weighted by Gasteiger charge is 2.23. The number of nitrogens with zero attached hydrogens (tertiary/aromatic N) is 3. The maximum absolute atomic E-state index is 12.4. The third-order valence-corrected chi connectivity index (χ3v) is 5.19. The summed E-state index contributed by atoms with van der Waals surface area (Å²) in [7, 11) is 1.86. The monoisotopic (exact) mass is 320 g/mol. The normalized spacial score (nSPS) is 21.8. The number of carbonyl (C=O) groups excluding carboxylic acids is 1. The van der Waals surface area contributed by atoms with Gasteiger partial charge in [0, 0.05) is 24.8 Å². The van der Waals surface area contributed by atoms with E-state index in [2.05, 4.69) is 15.4 Å². The third kappa shape index (κ3) is 3.20. The van der Waals surface area contributed by atoms with Crippen molar-refractivity contribution in [1.82, 2.24) is 20.1 Å². The van der Waals surface area contributed by atoms with E-state index in [4.69, 9.17) is 0 Å². The molecular formula is C15H20N4O2S.